The molecule has 1 N–H and O–H groups in total. The van der Waals surface area contributed by atoms with Crippen LogP contribution in [0.2, 0.25) is 0 Å². The number of anilines is 1. The van der Waals surface area contributed by atoms with Crippen molar-refractivity contribution in [3.05, 3.63) is 18.1 Å². The summed E-state index contributed by atoms with van der Waals surface area (Å²) in [7, 11) is 0. The highest BCUT2D eigenvalue weighted by Crippen LogP contribution is 2.10. The average molecular weight is 276 g/mol. The smallest absolute Gasteiger partial charge is 0.224 e. The third-order valence-electron chi connectivity index (χ3n) is 3.58. The highest BCUT2D eigenvalue weighted by molar-refractivity contribution is 5.76. The van der Waals surface area contributed by atoms with Crippen molar-refractivity contribution in [1.82, 2.24) is 14.9 Å². The van der Waals surface area contributed by atoms with Crippen LogP contribution in [0.4, 0.5) is 5.82 Å². The topological polar surface area (TPSA) is 58.1 Å². The molecule has 0 bridgehead atoms. The number of nitrogens with one attached hydrogen (secondary N) is 1. The summed E-state index contributed by atoms with van der Waals surface area (Å²) in [5.41, 5.74) is 1.05. The van der Waals surface area contributed by atoms with Crippen molar-refractivity contribution < 1.29 is 4.79 Å². The van der Waals surface area contributed by atoms with Crippen LogP contribution in [0.25, 0.3) is 0 Å². The van der Waals surface area contributed by atoms with E-state index in [0.29, 0.717) is 13.0 Å². The molecule has 1 fully saturated rings. The zero-order valence-electron chi connectivity index (χ0n) is 12.3. The molecule has 1 amide bonds. The first kappa shape index (κ1) is 14.8. The van der Waals surface area contributed by atoms with E-state index < -0.39 is 0 Å². The van der Waals surface area contributed by atoms with E-state index in [2.05, 4.69) is 22.2 Å². The molecule has 110 valence electrons. The lowest BCUT2D eigenvalue weighted by Gasteiger charge is -2.26. The van der Waals surface area contributed by atoms with Crippen LogP contribution in [-0.4, -0.2) is 40.4 Å². The Kier molecular flexibility index (Phi) is 5.77. The van der Waals surface area contributed by atoms with Crippen LogP contribution >= 0.6 is 0 Å². The van der Waals surface area contributed by atoms with Crippen LogP contribution in [0.1, 0.15) is 44.7 Å². The molecule has 0 radical (unpaired) electrons. The Balaban J connectivity index is 1.74. The van der Waals surface area contributed by atoms with Gasteiger partial charge in [-0.05, 0) is 25.7 Å². The molecule has 1 saturated heterocycles. The van der Waals surface area contributed by atoms with Gasteiger partial charge < -0.3 is 10.2 Å². The maximum absolute atomic E-state index is 12.0. The normalized spacial score (nSPS) is 15.2. The van der Waals surface area contributed by atoms with E-state index in [1.54, 1.807) is 6.33 Å². The van der Waals surface area contributed by atoms with E-state index in [-0.39, 0.29) is 5.91 Å². The molecule has 0 unspecified atom stereocenters. The minimum atomic E-state index is 0.250. The fraction of sp³-hybridized carbons (Fsp3) is 0.667. The van der Waals surface area contributed by atoms with E-state index >= 15 is 0 Å². The van der Waals surface area contributed by atoms with Crippen molar-refractivity contribution in [1.29, 1.82) is 0 Å². The number of carbonyl (C=O) groups excluding carboxylic acids is 1. The van der Waals surface area contributed by atoms with Gasteiger partial charge in [0.1, 0.15) is 12.1 Å². The van der Waals surface area contributed by atoms with Gasteiger partial charge >= 0.3 is 0 Å². The number of hydrogen-bond donors (Lipinski definition) is 1. The molecule has 0 atom stereocenters. The third kappa shape index (κ3) is 4.47. The number of aromatic nitrogens is 2. The molecule has 1 aromatic rings. The van der Waals surface area contributed by atoms with Gasteiger partial charge in [-0.15, -0.1) is 0 Å². The molecule has 0 spiro atoms. The summed E-state index contributed by atoms with van der Waals surface area (Å²) in [5.74, 6) is 1.06. The van der Waals surface area contributed by atoms with Crippen molar-refractivity contribution in [2.75, 3.05) is 25.0 Å². The minimum Gasteiger partial charge on any atom is -0.369 e. The number of hydrogen-bond acceptors (Lipinski definition) is 4. The summed E-state index contributed by atoms with van der Waals surface area (Å²) in [5, 5.41) is 3.21. The second kappa shape index (κ2) is 7.82. The summed E-state index contributed by atoms with van der Waals surface area (Å²) in [6.45, 7) is 4.62. The quantitative estimate of drug-likeness (QED) is 0.865. The van der Waals surface area contributed by atoms with Crippen molar-refractivity contribution in [3.63, 3.8) is 0 Å². The molecule has 1 aliphatic rings. The highest BCUT2D eigenvalue weighted by Gasteiger charge is 2.15. The third-order valence-corrected chi connectivity index (χ3v) is 3.58. The lowest BCUT2D eigenvalue weighted by Crippen LogP contribution is -2.36. The average Bonchev–Trinajstić information content (AvgIpc) is 2.49. The molecule has 0 saturated carbocycles. The molecular weight excluding hydrogens is 252 g/mol. The number of aryl methyl sites for hydroxylation is 1. The van der Waals surface area contributed by atoms with Crippen molar-refractivity contribution in [2.24, 2.45) is 0 Å². The van der Waals surface area contributed by atoms with Crippen LogP contribution in [0.15, 0.2) is 12.4 Å². The molecule has 2 heterocycles. The molecule has 1 aliphatic heterocycles. The van der Waals surface area contributed by atoms with Crippen LogP contribution in [0, 0.1) is 0 Å². The van der Waals surface area contributed by atoms with Gasteiger partial charge in [-0.2, -0.15) is 0 Å². The lowest BCUT2D eigenvalue weighted by molar-refractivity contribution is -0.131. The van der Waals surface area contributed by atoms with Crippen molar-refractivity contribution in [3.8, 4) is 0 Å². The second-order valence-corrected chi connectivity index (χ2v) is 5.26. The van der Waals surface area contributed by atoms with Crippen molar-refractivity contribution in [2.45, 2.75) is 45.4 Å². The predicted molar refractivity (Wildman–Crippen MR) is 79.6 cm³/mol. The van der Waals surface area contributed by atoms with Crippen LogP contribution in [0.5, 0.6) is 0 Å². The first-order valence-electron chi connectivity index (χ1n) is 7.62. The number of nitrogens with zero attached hydrogens (tertiary/aromatic N) is 3. The summed E-state index contributed by atoms with van der Waals surface area (Å²) in [4.78, 5) is 22.4. The Morgan fingerprint density at radius 1 is 1.30 bits per heavy atom. The Labute approximate surface area is 120 Å². The molecule has 5 heteroatoms. The van der Waals surface area contributed by atoms with E-state index in [1.165, 1.54) is 6.42 Å². The fourth-order valence-electron chi connectivity index (χ4n) is 2.49. The second-order valence-electron chi connectivity index (χ2n) is 5.26. The predicted octanol–water partition coefficient (Wildman–Crippen LogP) is 2.24. The molecule has 2 rings (SSSR count). The van der Waals surface area contributed by atoms with Gasteiger partial charge in [0.2, 0.25) is 5.91 Å². The van der Waals surface area contributed by atoms with Crippen LogP contribution in [-0.2, 0) is 11.2 Å². The summed E-state index contributed by atoms with van der Waals surface area (Å²) in [6, 6.07) is 1.97. The zero-order chi connectivity index (χ0) is 14.2. The van der Waals surface area contributed by atoms with Crippen molar-refractivity contribution >= 4 is 11.7 Å². The van der Waals surface area contributed by atoms with Gasteiger partial charge in [-0.3, -0.25) is 4.79 Å². The minimum absolute atomic E-state index is 0.250. The lowest BCUT2D eigenvalue weighted by atomic mass is 10.1. The Morgan fingerprint density at radius 2 is 2.10 bits per heavy atom. The first-order chi connectivity index (χ1) is 9.79. The summed E-state index contributed by atoms with van der Waals surface area (Å²) < 4.78 is 0. The molecule has 20 heavy (non-hydrogen) atoms. The van der Waals surface area contributed by atoms with E-state index in [9.17, 15) is 4.79 Å². The number of carbonyl (C=O) groups is 1. The molecule has 1 aromatic heterocycles. The number of amides is 1. The van der Waals surface area contributed by atoms with E-state index in [1.807, 2.05) is 11.0 Å². The molecule has 0 aliphatic carbocycles. The van der Waals surface area contributed by atoms with Crippen LogP contribution < -0.4 is 5.32 Å². The molecule has 0 aromatic carbocycles. The van der Waals surface area contributed by atoms with Gasteiger partial charge in [0.15, 0.2) is 0 Å². The largest absolute Gasteiger partial charge is 0.369 e. The van der Waals surface area contributed by atoms with Gasteiger partial charge in [0.05, 0.1) is 0 Å². The standard InChI is InChI=1S/C15H24N4O/c1-2-6-13-11-14(18-12-17-13)16-8-7-15(20)19-9-4-3-5-10-19/h11-12H,2-10H2,1H3,(H,16,17,18). The van der Waals surface area contributed by atoms with E-state index in [4.69, 9.17) is 0 Å². The Bertz CT molecular complexity index is 430. The number of rotatable bonds is 6. The Morgan fingerprint density at radius 3 is 2.85 bits per heavy atom. The van der Waals surface area contributed by atoms with Gasteiger partial charge in [-0.1, -0.05) is 13.3 Å². The van der Waals surface area contributed by atoms with Gasteiger partial charge in [0, 0.05) is 37.8 Å². The molecular formula is C15H24N4O. The maximum Gasteiger partial charge on any atom is 0.224 e. The Hall–Kier alpha value is -1.65. The zero-order valence-corrected chi connectivity index (χ0v) is 12.3. The maximum atomic E-state index is 12.0. The summed E-state index contributed by atoms with van der Waals surface area (Å²) in [6.07, 6.45) is 7.70. The van der Waals surface area contributed by atoms with E-state index in [0.717, 1.165) is 50.3 Å². The number of likely N-dealkylation sites (tertiary alicyclic amines) is 1. The molecule has 5 nitrogen and oxygen atoms in total. The fourth-order valence-corrected chi connectivity index (χ4v) is 2.49. The van der Waals surface area contributed by atoms with Gasteiger partial charge in [-0.25, -0.2) is 9.97 Å². The van der Waals surface area contributed by atoms with Gasteiger partial charge in [0.25, 0.3) is 0 Å². The SMILES string of the molecule is CCCc1cc(NCCC(=O)N2CCCCC2)ncn1. The monoisotopic (exact) mass is 276 g/mol. The van der Waals surface area contributed by atoms with Crippen LogP contribution in [0.3, 0.4) is 0 Å². The highest BCUT2D eigenvalue weighted by atomic mass is 16.2. The number of piperidine rings is 1. The first-order valence-corrected chi connectivity index (χ1v) is 7.62. The summed E-state index contributed by atoms with van der Waals surface area (Å²) >= 11 is 0.